The number of ether oxygens (including phenoxy) is 3. The van der Waals surface area contributed by atoms with E-state index in [2.05, 4.69) is 11.5 Å². The van der Waals surface area contributed by atoms with Gasteiger partial charge in [-0.15, -0.1) is 0 Å². The van der Waals surface area contributed by atoms with Crippen LogP contribution in [0.3, 0.4) is 0 Å². The van der Waals surface area contributed by atoms with Gasteiger partial charge in [0, 0.05) is 34.5 Å². The molecule has 7 nitrogen and oxygen atoms in total. The maximum absolute atomic E-state index is 12.7. The highest BCUT2D eigenvalue weighted by molar-refractivity contribution is 6.30. The van der Waals surface area contributed by atoms with Gasteiger partial charge in [0.1, 0.15) is 5.75 Å². The highest BCUT2D eigenvalue weighted by Crippen LogP contribution is 2.28. The van der Waals surface area contributed by atoms with Gasteiger partial charge in [-0.3, -0.25) is 0 Å². The summed E-state index contributed by atoms with van der Waals surface area (Å²) in [5.74, 6) is 1.07. The Labute approximate surface area is 236 Å². The van der Waals surface area contributed by atoms with Crippen molar-refractivity contribution < 1.29 is 19.0 Å². The van der Waals surface area contributed by atoms with E-state index in [4.69, 9.17) is 35.9 Å². The Kier molecular flexibility index (Phi) is 8.10. The second-order valence-electron chi connectivity index (χ2n) is 8.50. The Morgan fingerprint density at radius 2 is 1.82 bits per heavy atom. The number of carbonyl (C=O) groups excluding carboxylic acids is 1. The first-order valence-corrected chi connectivity index (χ1v) is 12.8. The Morgan fingerprint density at radius 3 is 2.58 bits per heavy atom. The summed E-state index contributed by atoms with van der Waals surface area (Å²) in [5.41, 5.74) is 9.32. The topological polar surface area (TPSA) is 74.9 Å². The molecule has 198 valence electrons. The fourth-order valence-electron chi connectivity index (χ4n) is 3.86. The normalized spacial score (nSPS) is 12.5. The van der Waals surface area contributed by atoms with Gasteiger partial charge in [-0.1, -0.05) is 53.7 Å². The Morgan fingerprint density at radius 1 is 1.02 bits per heavy atom. The minimum atomic E-state index is -0.563. The molecule has 0 N–H and O–H groups in total. The molecule has 0 aliphatic heterocycles. The van der Waals surface area contributed by atoms with Crippen molar-refractivity contribution >= 4 is 29.6 Å². The lowest BCUT2D eigenvalue weighted by Gasteiger charge is -2.13. The third kappa shape index (κ3) is 6.15. The van der Waals surface area contributed by atoms with Crippen LogP contribution in [0.15, 0.2) is 125 Å². The lowest BCUT2D eigenvalue weighted by Crippen LogP contribution is -2.09. The molecule has 0 bridgehead atoms. The van der Waals surface area contributed by atoms with Crippen LogP contribution in [0.1, 0.15) is 17.3 Å². The summed E-state index contributed by atoms with van der Waals surface area (Å²) in [4.78, 5) is 17.4. The third-order valence-corrected chi connectivity index (χ3v) is 6.05. The molecule has 3 aromatic carbocycles. The number of aliphatic imine (C=N–C) groups is 1. The lowest BCUT2D eigenvalue weighted by molar-refractivity contribution is 0.0597. The van der Waals surface area contributed by atoms with Gasteiger partial charge < -0.3 is 14.2 Å². The summed E-state index contributed by atoms with van der Waals surface area (Å²) in [5, 5.41) is 5.43. The Balaban J connectivity index is 1.47. The molecule has 1 heterocycles. The quantitative estimate of drug-likeness (QED) is 0.125. The van der Waals surface area contributed by atoms with Crippen LogP contribution in [0.2, 0.25) is 5.02 Å². The van der Waals surface area contributed by atoms with Gasteiger partial charge in [0.15, 0.2) is 11.6 Å². The number of benzene rings is 3. The summed E-state index contributed by atoms with van der Waals surface area (Å²) >= 11 is 6.07. The molecule has 5 rings (SSSR count). The van der Waals surface area contributed by atoms with Crippen molar-refractivity contribution in [3.05, 3.63) is 130 Å². The molecule has 1 aromatic heterocycles. The fraction of sp³-hybridized carbons (Fsp3) is 0.0938. The van der Waals surface area contributed by atoms with Crippen LogP contribution in [-0.4, -0.2) is 35.7 Å². The highest BCUT2D eigenvalue weighted by atomic mass is 35.5. The zero-order chi connectivity index (χ0) is 27.9. The molecule has 0 saturated heterocycles. The number of carbonyl (C=O) groups is 1. The maximum atomic E-state index is 12.7. The van der Waals surface area contributed by atoms with E-state index >= 15 is 0 Å². The lowest BCUT2D eigenvalue weighted by atomic mass is 10.1. The van der Waals surface area contributed by atoms with Crippen molar-refractivity contribution in [3.63, 3.8) is 0 Å². The summed E-state index contributed by atoms with van der Waals surface area (Å²) in [7, 11) is 1.53. The molecule has 40 heavy (non-hydrogen) atoms. The molecule has 0 spiro atoms. The molecule has 0 radical (unpaired) electrons. The van der Waals surface area contributed by atoms with Crippen molar-refractivity contribution in [1.82, 2.24) is 9.78 Å². The van der Waals surface area contributed by atoms with Crippen molar-refractivity contribution in [2.75, 3.05) is 13.7 Å². The van der Waals surface area contributed by atoms with E-state index in [0.717, 1.165) is 16.9 Å². The van der Waals surface area contributed by atoms with Gasteiger partial charge in [0.05, 0.1) is 30.7 Å². The molecule has 4 aromatic rings. The number of methoxy groups -OCH3 is 1. The summed E-state index contributed by atoms with van der Waals surface area (Å²) in [6, 6.07) is 25.8. The van der Waals surface area contributed by atoms with Gasteiger partial charge in [-0.25, -0.2) is 14.5 Å². The molecule has 1 aliphatic carbocycles. The highest BCUT2D eigenvalue weighted by Gasteiger charge is 2.18. The second kappa shape index (κ2) is 12.2. The largest absolute Gasteiger partial charge is 0.497 e. The SMILES string of the molecule is CCOC1=CC(C=Nc2cc(-c3ccc(Cl)cc3)nn2-c2ccccc2)=C=C=C1OC(=O)c1cccc(OC)c1. The van der Waals surface area contributed by atoms with Gasteiger partial charge >= 0.3 is 5.97 Å². The number of rotatable bonds is 9. The standard InChI is InChI=1S/C32H24ClN3O4/c1-3-39-30-18-22(12-17-29(30)40-32(37)24-8-7-11-27(19-24)38-2)21-34-31-20-28(23-13-15-25(33)16-14-23)35-36(31)26-9-5-4-6-10-26/h4-11,13-16,18-21H,3H2,1-2H3. The van der Waals surface area contributed by atoms with E-state index in [1.165, 1.54) is 7.11 Å². The van der Waals surface area contributed by atoms with Crippen molar-refractivity contribution in [3.8, 4) is 22.7 Å². The zero-order valence-electron chi connectivity index (χ0n) is 21.8. The van der Waals surface area contributed by atoms with Crippen LogP contribution in [0.25, 0.3) is 16.9 Å². The number of hydrogen-bond donors (Lipinski definition) is 0. The van der Waals surface area contributed by atoms with Crippen LogP contribution in [0, 0.1) is 0 Å². The van der Waals surface area contributed by atoms with Gasteiger partial charge in [-0.05, 0) is 55.1 Å². The predicted molar refractivity (Wildman–Crippen MR) is 154 cm³/mol. The summed E-state index contributed by atoms with van der Waals surface area (Å²) in [6.07, 6.45) is 3.33. The first-order chi connectivity index (χ1) is 19.5. The number of para-hydroxylation sites is 1. The van der Waals surface area contributed by atoms with Crippen molar-refractivity contribution in [2.24, 2.45) is 4.99 Å². The molecular weight excluding hydrogens is 526 g/mol. The number of esters is 1. The number of nitrogens with zero attached hydrogens (tertiary/aromatic N) is 3. The van der Waals surface area contributed by atoms with Crippen molar-refractivity contribution in [1.29, 1.82) is 0 Å². The average molecular weight is 550 g/mol. The first-order valence-electron chi connectivity index (χ1n) is 12.5. The number of allylic oxidation sites excluding steroid dienone is 2. The van der Waals surface area contributed by atoms with E-state index in [0.29, 0.717) is 40.1 Å². The monoisotopic (exact) mass is 549 g/mol. The predicted octanol–water partition coefficient (Wildman–Crippen LogP) is 7.26. The average Bonchev–Trinajstić information content (AvgIpc) is 3.42. The number of halogens is 1. The molecule has 0 amide bonds. The molecule has 8 heteroatoms. The second-order valence-corrected chi connectivity index (χ2v) is 8.93. The van der Waals surface area contributed by atoms with E-state index in [-0.39, 0.29) is 5.76 Å². The summed E-state index contributed by atoms with van der Waals surface area (Å²) < 4.78 is 18.3. The Bertz CT molecular complexity index is 1710. The minimum Gasteiger partial charge on any atom is -0.497 e. The zero-order valence-corrected chi connectivity index (χ0v) is 22.6. The van der Waals surface area contributed by atoms with E-state index in [1.54, 1.807) is 41.2 Å². The molecule has 0 saturated carbocycles. The molecule has 1 aliphatic rings. The Hall–Kier alpha value is -5.06. The van der Waals surface area contributed by atoms with Crippen LogP contribution in [0.4, 0.5) is 5.82 Å². The number of aromatic nitrogens is 2. The molecule has 0 fully saturated rings. The summed E-state index contributed by atoms with van der Waals surface area (Å²) in [6.45, 7) is 2.21. The van der Waals surface area contributed by atoms with Crippen LogP contribution < -0.4 is 4.74 Å². The third-order valence-electron chi connectivity index (χ3n) is 5.80. The van der Waals surface area contributed by atoms with E-state index < -0.39 is 5.97 Å². The van der Waals surface area contributed by atoms with Crippen LogP contribution in [-0.2, 0) is 9.47 Å². The van der Waals surface area contributed by atoms with E-state index in [9.17, 15) is 4.79 Å². The van der Waals surface area contributed by atoms with Gasteiger partial charge in [-0.2, -0.15) is 5.10 Å². The molecular formula is C32H24ClN3O4. The maximum Gasteiger partial charge on any atom is 0.344 e. The smallest absolute Gasteiger partial charge is 0.344 e. The minimum absolute atomic E-state index is 0.131. The molecule has 0 atom stereocenters. The van der Waals surface area contributed by atoms with Crippen LogP contribution in [0.5, 0.6) is 5.75 Å². The van der Waals surface area contributed by atoms with Crippen LogP contribution >= 0.6 is 11.6 Å². The first kappa shape index (κ1) is 26.5. The van der Waals surface area contributed by atoms with Gasteiger partial charge in [0.25, 0.3) is 0 Å². The van der Waals surface area contributed by atoms with Gasteiger partial charge in [0.2, 0.25) is 5.76 Å². The van der Waals surface area contributed by atoms with E-state index in [1.807, 2.05) is 67.6 Å². The fourth-order valence-corrected chi connectivity index (χ4v) is 3.99. The van der Waals surface area contributed by atoms with Crippen molar-refractivity contribution in [2.45, 2.75) is 6.92 Å². The molecule has 0 unspecified atom stereocenters. The number of hydrogen-bond acceptors (Lipinski definition) is 6.